The first-order valence-electron chi connectivity index (χ1n) is 8.95. The summed E-state index contributed by atoms with van der Waals surface area (Å²) in [6.45, 7) is 0. The molecular formula is C19H22N4O2S. The largest absolute Gasteiger partial charge is 0.381 e. The van der Waals surface area contributed by atoms with Crippen molar-refractivity contribution in [1.82, 2.24) is 15.6 Å². The molecule has 1 aromatic heterocycles. The molecule has 7 heteroatoms. The fraction of sp³-hybridized carbons (Fsp3) is 0.421. The summed E-state index contributed by atoms with van der Waals surface area (Å²) in [7, 11) is 1.77. The predicted octanol–water partition coefficient (Wildman–Crippen LogP) is 3.06. The van der Waals surface area contributed by atoms with Crippen molar-refractivity contribution >= 4 is 39.5 Å². The van der Waals surface area contributed by atoms with Gasteiger partial charge in [0.05, 0.1) is 21.8 Å². The molecule has 0 bridgehead atoms. The Hall–Kier alpha value is -2.25. The molecule has 1 amide bonds. The zero-order valence-corrected chi connectivity index (χ0v) is 15.5. The highest BCUT2D eigenvalue weighted by atomic mass is 32.1. The van der Waals surface area contributed by atoms with Crippen LogP contribution in [0.4, 0.5) is 0 Å². The molecule has 2 N–H and O–H groups in total. The molecule has 1 aliphatic heterocycles. The van der Waals surface area contributed by atoms with Crippen molar-refractivity contribution in [1.29, 1.82) is 0 Å². The molecule has 1 aliphatic carbocycles. The number of fused-ring (bicyclic) bond motifs is 1. The minimum atomic E-state index is -0.172. The van der Waals surface area contributed by atoms with Gasteiger partial charge in [0.1, 0.15) is 5.70 Å². The van der Waals surface area contributed by atoms with Crippen molar-refractivity contribution in [2.75, 3.05) is 7.11 Å². The van der Waals surface area contributed by atoms with E-state index in [2.05, 4.69) is 20.6 Å². The number of hydrogen-bond donors (Lipinski definition) is 2. The van der Waals surface area contributed by atoms with Gasteiger partial charge in [-0.1, -0.05) is 18.9 Å². The molecule has 2 aromatic rings. The van der Waals surface area contributed by atoms with Gasteiger partial charge in [0.15, 0.2) is 0 Å². The van der Waals surface area contributed by atoms with E-state index in [0.717, 1.165) is 41.5 Å². The molecule has 6 nitrogen and oxygen atoms in total. The first kappa shape index (κ1) is 17.2. The number of nitrogens with zero attached hydrogens (tertiary/aromatic N) is 2. The second kappa shape index (κ2) is 7.55. The number of amides is 1. The Bertz CT molecular complexity index is 873. The maximum atomic E-state index is 12.3. The van der Waals surface area contributed by atoms with Gasteiger partial charge >= 0.3 is 0 Å². The molecule has 26 heavy (non-hydrogen) atoms. The normalized spacial score (nSPS) is 25.2. The zero-order valence-electron chi connectivity index (χ0n) is 14.7. The molecule has 0 saturated heterocycles. The van der Waals surface area contributed by atoms with E-state index >= 15 is 0 Å². The number of carbonyl (C=O) groups excluding carboxylic acids is 1. The fourth-order valence-corrected chi connectivity index (χ4v) is 4.24. The smallest absolute Gasteiger partial charge is 0.276 e. The lowest BCUT2D eigenvalue weighted by molar-refractivity contribution is -0.115. The summed E-state index contributed by atoms with van der Waals surface area (Å²) in [6.07, 6.45) is 7.53. The average Bonchev–Trinajstić information content (AvgIpc) is 3.15. The minimum absolute atomic E-state index is 0.172. The Morgan fingerprint density at radius 1 is 1.35 bits per heavy atom. The molecule has 0 unspecified atom stereocenters. The Morgan fingerprint density at radius 3 is 3.12 bits per heavy atom. The molecule has 136 valence electrons. The van der Waals surface area contributed by atoms with Gasteiger partial charge < -0.3 is 10.1 Å². The zero-order chi connectivity index (χ0) is 17.9. The van der Waals surface area contributed by atoms with E-state index in [4.69, 9.17) is 4.74 Å². The van der Waals surface area contributed by atoms with E-state index in [0.29, 0.717) is 11.7 Å². The molecule has 1 saturated carbocycles. The fourth-order valence-electron chi connectivity index (χ4n) is 3.51. The lowest BCUT2D eigenvalue weighted by Crippen LogP contribution is -2.43. The maximum Gasteiger partial charge on any atom is 0.276 e. The number of ether oxygens (including phenoxy) is 1. The van der Waals surface area contributed by atoms with Gasteiger partial charge in [-0.2, -0.15) is 0 Å². The Kier molecular flexibility index (Phi) is 4.99. The van der Waals surface area contributed by atoms with Crippen LogP contribution in [0.15, 0.2) is 34.4 Å². The molecular weight excluding hydrogens is 348 g/mol. The number of methoxy groups -OCH3 is 1. The third kappa shape index (κ3) is 3.78. The van der Waals surface area contributed by atoms with Crippen LogP contribution in [0.5, 0.6) is 0 Å². The Labute approximate surface area is 156 Å². The molecule has 2 aliphatic rings. The van der Waals surface area contributed by atoms with E-state index in [-0.39, 0.29) is 18.1 Å². The second-order valence-electron chi connectivity index (χ2n) is 6.74. The standard InChI is InChI=1S/C19H22N4O2S/c1-25-14-5-3-2-4-13(10-14)21-19-22-16(18(24)23-19)8-12-6-7-15-17(9-12)26-11-20-15/h6-9,11,13-14H,2-5,10H2,1H3,(H2,21,22,23,24)/b16-8-/t13-,14+/m0/s1. The van der Waals surface area contributed by atoms with Gasteiger partial charge in [0.2, 0.25) is 5.96 Å². The van der Waals surface area contributed by atoms with E-state index in [1.165, 1.54) is 6.42 Å². The van der Waals surface area contributed by atoms with Crippen molar-refractivity contribution in [3.63, 3.8) is 0 Å². The van der Waals surface area contributed by atoms with Crippen LogP contribution in [0, 0.1) is 0 Å². The number of rotatable bonds is 3. The molecule has 2 atom stereocenters. The van der Waals surface area contributed by atoms with Crippen molar-refractivity contribution in [2.24, 2.45) is 4.99 Å². The number of aliphatic imine (C=N–C) groups is 1. The number of hydrogen-bond acceptors (Lipinski definition) is 6. The SMILES string of the molecule is CO[C@@H]1CCCC[C@H](NC2=N/C(=C\c3ccc4ncsc4c3)C(=O)N2)C1. The topological polar surface area (TPSA) is 75.6 Å². The van der Waals surface area contributed by atoms with E-state index in [9.17, 15) is 4.79 Å². The molecule has 1 fully saturated rings. The van der Waals surface area contributed by atoms with Crippen LogP contribution < -0.4 is 10.6 Å². The lowest BCUT2D eigenvalue weighted by Gasteiger charge is -2.20. The summed E-state index contributed by atoms with van der Waals surface area (Å²) < 4.78 is 6.63. The Morgan fingerprint density at radius 2 is 2.23 bits per heavy atom. The highest BCUT2D eigenvalue weighted by Gasteiger charge is 2.25. The predicted molar refractivity (Wildman–Crippen MR) is 104 cm³/mol. The number of aromatic nitrogens is 1. The van der Waals surface area contributed by atoms with Crippen molar-refractivity contribution in [2.45, 2.75) is 44.2 Å². The van der Waals surface area contributed by atoms with Gasteiger partial charge in [-0.05, 0) is 43.0 Å². The summed E-state index contributed by atoms with van der Waals surface area (Å²) in [5.41, 5.74) is 4.17. The van der Waals surface area contributed by atoms with Crippen molar-refractivity contribution < 1.29 is 9.53 Å². The number of guanidine groups is 1. The quantitative estimate of drug-likeness (QED) is 0.643. The highest BCUT2D eigenvalue weighted by molar-refractivity contribution is 7.16. The van der Waals surface area contributed by atoms with Crippen LogP contribution in [0.3, 0.4) is 0 Å². The molecule has 0 spiro atoms. The van der Waals surface area contributed by atoms with Crippen LogP contribution in [0.2, 0.25) is 0 Å². The van der Waals surface area contributed by atoms with Gasteiger partial charge in [0, 0.05) is 13.2 Å². The summed E-state index contributed by atoms with van der Waals surface area (Å²) in [5, 5.41) is 6.22. The van der Waals surface area contributed by atoms with Crippen molar-refractivity contribution in [3.8, 4) is 0 Å². The van der Waals surface area contributed by atoms with Crippen LogP contribution in [0.25, 0.3) is 16.3 Å². The monoisotopic (exact) mass is 370 g/mol. The maximum absolute atomic E-state index is 12.3. The summed E-state index contributed by atoms with van der Waals surface area (Å²) >= 11 is 1.59. The summed E-state index contributed by atoms with van der Waals surface area (Å²) in [6, 6.07) is 6.22. The van der Waals surface area contributed by atoms with E-state index in [1.807, 2.05) is 29.8 Å². The number of thiazole rings is 1. The molecule has 4 rings (SSSR count). The van der Waals surface area contributed by atoms with Crippen LogP contribution in [0.1, 0.15) is 37.7 Å². The van der Waals surface area contributed by atoms with E-state index in [1.54, 1.807) is 18.4 Å². The Balaban J connectivity index is 1.49. The third-order valence-corrected chi connectivity index (χ3v) is 5.70. The van der Waals surface area contributed by atoms with Gasteiger partial charge in [-0.3, -0.25) is 10.1 Å². The highest BCUT2D eigenvalue weighted by Crippen LogP contribution is 2.22. The number of carbonyl (C=O) groups is 1. The molecule has 2 heterocycles. The van der Waals surface area contributed by atoms with Crippen LogP contribution in [-0.4, -0.2) is 36.1 Å². The third-order valence-electron chi connectivity index (χ3n) is 4.91. The molecule has 1 aromatic carbocycles. The minimum Gasteiger partial charge on any atom is -0.381 e. The second-order valence-corrected chi connectivity index (χ2v) is 7.63. The number of nitrogens with one attached hydrogen (secondary N) is 2. The van der Waals surface area contributed by atoms with Gasteiger partial charge in [0.25, 0.3) is 5.91 Å². The van der Waals surface area contributed by atoms with Crippen LogP contribution >= 0.6 is 11.3 Å². The van der Waals surface area contributed by atoms with Crippen LogP contribution in [-0.2, 0) is 9.53 Å². The van der Waals surface area contributed by atoms with E-state index < -0.39 is 0 Å². The lowest BCUT2D eigenvalue weighted by atomic mass is 10.1. The number of benzene rings is 1. The summed E-state index contributed by atoms with van der Waals surface area (Å²) in [4.78, 5) is 21.0. The first-order valence-corrected chi connectivity index (χ1v) is 9.83. The summed E-state index contributed by atoms with van der Waals surface area (Å²) in [5.74, 6) is 0.371. The molecule has 0 radical (unpaired) electrons. The van der Waals surface area contributed by atoms with Gasteiger partial charge in [-0.15, -0.1) is 11.3 Å². The van der Waals surface area contributed by atoms with Gasteiger partial charge in [-0.25, -0.2) is 9.98 Å². The first-order chi connectivity index (χ1) is 12.7. The van der Waals surface area contributed by atoms with Crippen molar-refractivity contribution in [3.05, 3.63) is 35.0 Å². The average molecular weight is 370 g/mol.